The van der Waals surface area contributed by atoms with Crippen molar-refractivity contribution in [1.82, 2.24) is 4.98 Å². The summed E-state index contributed by atoms with van der Waals surface area (Å²) >= 11 is 1.33. The van der Waals surface area contributed by atoms with Crippen LogP contribution in [0.2, 0.25) is 0 Å². The zero-order valence-electron chi connectivity index (χ0n) is 16.3. The number of nitrogens with zero attached hydrogens (tertiary/aromatic N) is 1. The molecule has 2 heterocycles. The molecule has 0 fully saturated rings. The molecule has 1 aliphatic rings. The van der Waals surface area contributed by atoms with E-state index in [2.05, 4.69) is 10.3 Å². The number of Topliss-reactive ketones (excluding diaryl/α,β-unsaturated/α-hetero) is 1. The molecule has 2 aromatic carbocycles. The maximum atomic E-state index is 12.2. The smallest absolute Gasteiger partial charge is 0.264 e. The second-order valence-electron chi connectivity index (χ2n) is 6.53. The SMILES string of the molecule is CCC(=O)c1ccc(OCC(=O)Nc2nc(-c3ccc4c(c3)OCCO4)cs2)cc1. The largest absolute Gasteiger partial charge is 0.486 e. The highest BCUT2D eigenvalue weighted by Gasteiger charge is 2.14. The normalized spacial score (nSPS) is 12.3. The molecule has 30 heavy (non-hydrogen) atoms. The molecule has 0 bridgehead atoms. The molecule has 0 atom stereocenters. The van der Waals surface area contributed by atoms with Crippen LogP contribution in [0.25, 0.3) is 11.3 Å². The van der Waals surface area contributed by atoms with Crippen LogP contribution < -0.4 is 19.5 Å². The van der Waals surface area contributed by atoms with Crippen molar-refractivity contribution in [2.75, 3.05) is 25.1 Å². The second kappa shape index (κ2) is 8.96. The van der Waals surface area contributed by atoms with Crippen LogP contribution in [0, 0.1) is 0 Å². The number of benzene rings is 2. The summed E-state index contributed by atoms with van der Waals surface area (Å²) in [6, 6.07) is 12.4. The van der Waals surface area contributed by atoms with Crippen molar-refractivity contribution < 1.29 is 23.8 Å². The lowest BCUT2D eigenvalue weighted by Gasteiger charge is -2.18. The van der Waals surface area contributed by atoms with E-state index < -0.39 is 0 Å². The quantitative estimate of drug-likeness (QED) is 0.572. The highest BCUT2D eigenvalue weighted by molar-refractivity contribution is 7.14. The Balaban J connectivity index is 1.33. The number of aromatic nitrogens is 1. The molecule has 8 heteroatoms. The monoisotopic (exact) mass is 424 g/mol. The fourth-order valence-corrected chi connectivity index (χ4v) is 3.65. The van der Waals surface area contributed by atoms with Crippen molar-refractivity contribution >= 4 is 28.2 Å². The molecular weight excluding hydrogens is 404 g/mol. The van der Waals surface area contributed by atoms with E-state index in [1.807, 2.05) is 30.5 Å². The number of hydrogen-bond acceptors (Lipinski definition) is 7. The molecule has 7 nitrogen and oxygen atoms in total. The number of ketones is 1. The van der Waals surface area contributed by atoms with Gasteiger partial charge in [-0.15, -0.1) is 11.3 Å². The maximum absolute atomic E-state index is 12.2. The van der Waals surface area contributed by atoms with Crippen molar-refractivity contribution in [2.45, 2.75) is 13.3 Å². The fourth-order valence-electron chi connectivity index (χ4n) is 2.91. The highest BCUT2D eigenvalue weighted by Crippen LogP contribution is 2.35. The van der Waals surface area contributed by atoms with Crippen molar-refractivity contribution in [2.24, 2.45) is 0 Å². The van der Waals surface area contributed by atoms with E-state index in [1.54, 1.807) is 24.3 Å². The standard InChI is InChI=1S/C22H20N2O5S/c1-2-18(25)14-3-6-16(7-4-14)29-12-21(26)24-22-23-17(13-30-22)15-5-8-19-20(11-15)28-10-9-27-19/h3-8,11,13H,2,9-10,12H2,1H3,(H,23,24,26). The third-order valence-corrected chi connectivity index (χ3v) is 5.21. The molecule has 1 N–H and O–H groups in total. The Kier molecular flexibility index (Phi) is 5.94. The summed E-state index contributed by atoms with van der Waals surface area (Å²) in [5.74, 6) is 1.69. The van der Waals surface area contributed by atoms with Crippen molar-refractivity contribution in [1.29, 1.82) is 0 Å². The van der Waals surface area contributed by atoms with Crippen LogP contribution >= 0.6 is 11.3 Å². The van der Waals surface area contributed by atoms with Crippen molar-refractivity contribution in [3.8, 4) is 28.5 Å². The third-order valence-electron chi connectivity index (χ3n) is 4.46. The first-order chi connectivity index (χ1) is 14.6. The summed E-state index contributed by atoms with van der Waals surface area (Å²) < 4.78 is 16.6. The third kappa shape index (κ3) is 4.60. The van der Waals surface area contributed by atoms with E-state index >= 15 is 0 Å². The Bertz CT molecular complexity index is 1060. The number of ether oxygens (including phenoxy) is 3. The van der Waals surface area contributed by atoms with E-state index in [1.165, 1.54) is 11.3 Å². The van der Waals surface area contributed by atoms with Gasteiger partial charge in [0.2, 0.25) is 0 Å². The number of thiazole rings is 1. The van der Waals surface area contributed by atoms with Gasteiger partial charge in [0.15, 0.2) is 29.0 Å². The van der Waals surface area contributed by atoms with Gasteiger partial charge in [-0.2, -0.15) is 0 Å². The van der Waals surface area contributed by atoms with E-state index in [9.17, 15) is 9.59 Å². The number of rotatable bonds is 7. The predicted octanol–water partition coefficient (Wildman–Crippen LogP) is 4.19. The molecule has 0 saturated heterocycles. The van der Waals surface area contributed by atoms with Gasteiger partial charge in [-0.3, -0.25) is 14.9 Å². The van der Waals surface area contributed by atoms with Gasteiger partial charge in [0.05, 0.1) is 5.69 Å². The Morgan fingerprint density at radius 3 is 2.63 bits per heavy atom. The van der Waals surface area contributed by atoms with Crippen molar-refractivity contribution in [3.05, 3.63) is 53.4 Å². The van der Waals surface area contributed by atoms with E-state index in [0.29, 0.717) is 41.8 Å². The summed E-state index contributed by atoms with van der Waals surface area (Å²) in [5, 5.41) is 5.09. The van der Waals surface area contributed by atoms with Crippen LogP contribution in [0.15, 0.2) is 47.8 Å². The second-order valence-corrected chi connectivity index (χ2v) is 7.39. The summed E-state index contributed by atoms with van der Waals surface area (Å²) in [5.41, 5.74) is 2.25. The summed E-state index contributed by atoms with van der Waals surface area (Å²) in [6.07, 6.45) is 0.449. The van der Waals surface area contributed by atoms with Gasteiger partial charge < -0.3 is 14.2 Å². The lowest BCUT2D eigenvalue weighted by molar-refractivity contribution is -0.118. The average molecular weight is 424 g/mol. The van der Waals surface area contributed by atoms with Crippen LogP contribution in [0.1, 0.15) is 23.7 Å². The number of anilines is 1. The zero-order chi connectivity index (χ0) is 20.9. The topological polar surface area (TPSA) is 86.8 Å². The van der Waals surface area contributed by atoms with Gasteiger partial charge in [-0.25, -0.2) is 4.98 Å². The van der Waals surface area contributed by atoms with Crippen LogP contribution in [-0.2, 0) is 4.79 Å². The average Bonchev–Trinajstić information content (AvgIpc) is 3.25. The molecule has 1 aromatic heterocycles. The number of amides is 1. The first kappa shape index (κ1) is 19.9. The van der Waals surface area contributed by atoms with Gasteiger partial charge in [0.25, 0.3) is 5.91 Å². The molecule has 0 aliphatic carbocycles. The number of carbonyl (C=O) groups excluding carboxylic acids is 2. The lowest BCUT2D eigenvalue weighted by atomic mass is 10.1. The molecule has 154 valence electrons. The minimum atomic E-state index is -0.313. The van der Waals surface area contributed by atoms with Crippen LogP contribution in [0.3, 0.4) is 0 Å². The minimum Gasteiger partial charge on any atom is -0.486 e. The Morgan fingerprint density at radius 2 is 1.87 bits per heavy atom. The Hall–Kier alpha value is -3.39. The van der Waals surface area contributed by atoms with Crippen LogP contribution in [-0.4, -0.2) is 36.5 Å². The molecular formula is C22H20N2O5S. The van der Waals surface area contributed by atoms with E-state index in [4.69, 9.17) is 14.2 Å². The van der Waals surface area contributed by atoms with Crippen LogP contribution in [0.5, 0.6) is 17.2 Å². The first-order valence-electron chi connectivity index (χ1n) is 9.54. The molecule has 1 amide bonds. The summed E-state index contributed by atoms with van der Waals surface area (Å²) in [6.45, 7) is 2.73. The minimum absolute atomic E-state index is 0.0666. The van der Waals surface area contributed by atoms with E-state index in [0.717, 1.165) is 17.0 Å². The number of carbonyl (C=O) groups is 2. The van der Waals surface area contributed by atoms with Gasteiger partial charge in [0.1, 0.15) is 19.0 Å². The predicted molar refractivity (Wildman–Crippen MR) is 114 cm³/mol. The summed E-state index contributed by atoms with van der Waals surface area (Å²) in [7, 11) is 0. The molecule has 1 aliphatic heterocycles. The molecule has 0 radical (unpaired) electrons. The molecule has 4 rings (SSSR count). The lowest BCUT2D eigenvalue weighted by Crippen LogP contribution is -2.20. The number of nitrogens with one attached hydrogen (secondary N) is 1. The zero-order valence-corrected chi connectivity index (χ0v) is 17.2. The summed E-state index contributed by atoms with van der Waals surface area (Å²) in [4.78, 5) is 28.3. The fraction of sp³-hybridized carbons (Fsp3) is 0.227. The number of hydrogen-bond donors (Lipinski definition) is 1. The molecule has 0 unspecified atom stereocenters. The van der Waals surface area contributed by atoms with Gasteiger partial charge >= 0.3 is 0 Å². The van der Waals surface area contributed by atoms with Gasteiger partial charge in [-0.05, 0) is 42.5 Å². The molecule has 0 saturated carbocycles. The molecule has 3 aromatic rings. The van der Waals surface area contributed by atoms with Crippen molar-refractivity contribution in [3.63, 3.8) is 0 Å². The highest BCUT2D eigenvalue weighted by atomic mass is 32.1. The number of fused-ring (bicyclic) bond motifs is 1. The van der Waals surface area contributed by atoms with Crippen LogP contribution in [0.4, 0.5) is 5.13 Å². The Labute approximate surface area is 177 Å². The van der Waals surface area contributed by atoms with Gasteiger partial charge in [-0.1, -0.05) is 6.92 Å². The Morgan fingerprint density at radius 1 is 1.10 bits per heavy atom. The molecule has 0 spiro atoms. The van der Waals surface area contributed by atoms with Gasteiger partial charge in [0, 0.05) is 22.9 Å². The first-order valence-corrected chi connectivity index (χ1v) is 10.4. The maximum Gasteiger partial charge on any atom is 0.264 e. The van der Waals surface area contributed by atoms with E-state index in [-0.39, 0.29) is 18.3 Å².